The van der Waals surface area contributed by atoms with Crippen molar-refractivity contribution in [3.63, 3.8) is 0 Å². The van der Waals surface area contributed by atoms with E-state index >= 15 is 8.78 Å². The number of hydrogen-bond acceptors (Lipinski definition) is 4. The number of methoxy groups -OCH3 is 2. The SMILES string of the molecule is COc1ccc(CCN(C)C(=O)CC[C@@H]2CC(F)(F)[C@@]3(C)CCC4c5ccc(O)cc5CCC4C23)cc1OC. The predicted octanol–water partition coefficient (Wildman–Crippen LogP) is 6.61. The van der Waals surface area contributed by atoms with E-state index in [0.717, 1.165) is 30.4 Å². The molecule has 7 heteroatoms. The van der Waals surface area contributed by atoms with E-state index < -0.39 is 11.3 Å². The first-order chi connectivity index (χ1) is 18.6. The second-order valence-electron chi connectivity index (χ2n) is 12.1. The molecule has 212 valence electrons. The van der Waals surface area contributed by atoms with Crippen LogP contribution in [0.5, 0.6) is 17.2 Å². The smallest absolute Gasteiger partial charge is 0.253 e. The molecule has 5 atom stereocenters. The number of phenolic OH excluding ortho intramolecular Hbond substituents is 1. The summed E-state index contributed by atoms with van der Waals surface area (Å²) in [5, 5.41) is 9.95. The van der Waals surface area contributed by atoms with Gasteiger partial charge in [0.1, 0.15) is 5.75 Å². The van der Waals surface area contributed by atoms with E-state index in [1.807, 2.05) is 30.3 Å². The molecular weight excluding hydrogens is 500 g/mol. The molecule has 1 N–H and O–H groups in total. The van der Waals surface area contributed by atoms with Crippen molar-refractivity contribution in [2.45, 2.75) is 70.1 Å². The number of carbonyl (C=O) groups excluding carboxylic acids is 1. The highest BCUT2D eigenvalue weighted by Gasteiger charge is 2.67. The second kappa shape index (κ2) is 10.6. The third kappa shape index (κ3) is 4.98. The number of hydrogen-bond donors (Lipinski definition) is 1. The number of halogens is 2. The van der Waals surface area contributed by atoms with Gasteiger partial charge in [0.2, 0.25) is 5.91 Å². The molecule has 3 aliphatic carbocycles. The van der Waals surface area contributed by atoms with Crippen LogP contribution in [0.25, 0.3) is 0 Å². The first kappa shape index (κ1) is 27.7. The lowest BCUT2D eigenvalue weighted by molar-refractivity contribution is -0.133. The summed E-state index contributed by atoms with van der Waals surface area (Å²) in [4.78, 5) is 14.8. The molecule has 0 bridgehead atoms. The van der Waals surface area contributed by atoms with Crippen molar-refractivity contribution in [1.29, 1.82) is 0 Å². The van der Waals surface area contributed by atoms with E-state index in [1.165, 1.54) is 5.56 Å². The van der Waals surface area contributed by atoms with Crippen molar-refractivity contribution >= 4 is 5.91 Å². The normalized spacial score (nSPS) is 28.7. The summed E-state index contributed by atoms with van der Waals surface area (Å²) in [5.41, 5.74) is 2.41. The third-order valence-electron chi connectivity index (χ3n) is 10.2. The zero-order chi connectivity index (χ0) is 27.9. The molecule has 5 nitrogen and oxygen atoms in total. The van der Waals surface area contributed by atoms with Gasteiger partial charge in [-0.2, -0.15) is 0 Å². The van der Waals surface area contributed by atoms with Crippen LogP contribution in [0.15, 0.2) is 36.4 Å². The second-order valence-corrected chi connectivity index (χ2v) is 12.1. The summed E-state index contributed by atoms with van der Waals surface area (Å²) in [7, 11) is 4.99. The van der Waals surface area contributed by atoms with Gasteiger partial charge in [-0.1, -0.05) is 19.1 Å². The Hall–Kier alpha value is -2.83. The van der Waals surface area contributed by atoms with Crippen molar-refractivity contribution < 1.29 is 28.2 Å². The van der Waals surface area contributed by atoms with Gasteiger partial charge in [0.15, 0.2) is 11.5 Å². The summed E-state index contributed by atoms with van der Waals surface area (Å²) in [6, 6.07) is 11.3. The predicted molar refractivity (Wildman–Crippen MR) is 147 cm³/mol. The number of aromatic hydroxyl groups is 1. The molecule has 5 rings (SSSR count). The Bertz CT molecular complexity index is 1220. The number of carbonyl (C=O) groups is 1. The summed E-state index contributed by atoms with van der Waals surface area (Å²) >= 11 is 0. The van der Waals surface area contributed by atoms with E-state index in [9.17, 15) is 9.90 Å². The van der Waals surface area contributed by atoms with Crippen LogP contribution in [0.2, 0.25) is 0 Å². The zero-order valence-electron chi connectivity index (χ0n) is 23.5. The summed E-state index contributed by atoms with van der Waals surface area (Å²) in [6.07, 6.45) is 4.28. The molecule has 2 fully saturated rings. The number of ether oxygens (including phenoxy) is 2. The van der Waals surface area contributed by atoms with Crippen molar-refractivity contribution in [2.75, 3.05) is 27.8 Å². The highest BCUT2D eigenvalue weighted by atomic mass is 19.3. The molecule has 39 heavy (non-hydrogen) atoms. The maximum atomic E-state index is 15.6. The van der Waals surface area contributed by atoms with Crippen molar-refractivity contribution in [1.82, 2.24) is 4.90 Å². The van der Waals surface area contributed by atoms with Gasteiger partial charge in [-0.05, 0) is 103 Å². The number of aryl methyl sites for hydroxylation is 1. The summed E-state index contributed by atoms with van der Waals surface area (Å²) in [6.45, 7) is 2.35. The standard InChI is InChI=1S/C32H41F2NO4/c1-31-15-13-25-24-10-8-23(36)18-21(24)6-9-26(25)30(31)22(19-32(31,33)34)7-12-29(37)35(2)16-14-20-5-11-27(38-3)28(17-20)39-4/h5,8,10-11,17-18,22,25-26,30,36H,6-7,9,12-16,19H2,1-4H3/t22-,25?,26?,30?,31+/m1/s1. The molecule has 2 aromatic rings. The number of fused-ring (bicyclic) bond motifs is 5. The topological polar surface area (TPSA) is 59.0 Å². The van der Waals surface area contributed by atoms with Crippen LogP contribution in [-0.2, 0) is 17.6 Å². The number of benzene rings is 2. The first-order valence-electron chi connectivity index (χ1n) is 14.2. The number of likely N-dealkylation sites (N-methyl/N-ethyl adjacent to an activating group) is 1. The van der Waals surface area contributed by atoms with Crippen molar-refractivity contribution in [3.8, 4) is 17.2 Å². The number of phenols is 1. The van der Waals surface area contributed by atoms with Crippen LogP contribution in [0, 0.1) is 23.2 Å². The van der Waals surface area contributed by atoms with Gasteiger partial charge in [-0.15, -0.1) is 0 Å². The largest absolute Gasteiger partial charge is 0.508 e. The highest BCUT2D eigenvalue weighted by molar-refractivity contribution is 5.75. The van der Waals surface area contributed by atoms with Gasteiger partial charge in [0, 0.05) is 31.8 Å². The Morgan fingerprint density at radius 3 is 2.62 bits per heavy atom. The van der Waals surface area contributed by atoms with Crippen LogP contribution in [0.1, 0.15) is 68.1 Å². The van der Waals surface area contributed by atoms with Crippen LogP contribution in [0.4, 0.5) is 8.78 Å². The summed E-state index contributed by atoms with van der Waals surface area (Å²) < 4.78 is 41.8. The van der Waals surface area contributed by atoms with Gasteiger partial charge < -0.3 is 19.5 Å². The Kier molecular flexibility index (Phi) is 7.55. The molecule has 0 saturated heterocycles. The fourth-order valence-electron chi connectivity index (χ4n) is 8.04. The maximum Gasteiger partial charge on any atom is 0.253 e. The lowest BCUT2D eigenvalue weighted by Gasteiger charge is -2.51. The Labute approximate surface area is 230 Å². The Morgan fingerprint density at radius 1 is 1.10 bits per heavy atom. The van der Waals surface area contributed by atoms with E-state index in [-0.39, 0.29) is 48.2 Å². The maximum absolute atomic E-state index is 15.6. The molecule has 0 radical (unpaired) electrons. The summed E-state index contributed by atoms with van der Waals surface area (Å²) in [5.74, 6) is -0.947. The van der Waals surface area contributed by atoms with Crippen molar-refractivity contribution in [2.24, 2.45) is 23.2 Å². The Balaban J connectivity index is 1.25. The van der Waals surface area contributed by atoms with Crippen LogP contribution in [-0.4, -0.2) is 49.6 Å². The molecule has 0 spiro atoms. The van der Waals surface area contributed by atoms with E-state index in [4.69, 9.17) is 9.47 Å². The van der Waals surface area contributed by atoms with E-state index in [0.29, 0.717) is 37.3 Å². The minimum Gasteiger partial charge on any atom is -0.508 e. The third-order valence-corrected chi connectivity index (χ3v) is 10.2. The number of nitrogens with zero attached hydrogens (tertiary/aromatic N) is 1. The molecule has 3 aliphatic rings. The van der Waals surface area contributed by atoms with Gasteiger partial charge in [-0.25, -0.2) is 8.78 Å². The average Bonchev–Trinajstić information content (AvgIpc) is 3.14. The van der Waals surface area contributed by atoms with Gasteiger partial charge >= 0.3 is 0 Å². The number of alkyl halides is 2. The van der Waals surface area contributed by atoms with Crippen molar-refractivity contribution in [3.05, 3.63) is 53.1 Å². The van der Waals surface area contributed by atoms with Crippen LogP contribution in [0.3, 0.4) is 0 Å². The van der Waals surface area contributed by atoms with E-state index in [1.54, 1.807) is 39.2 Å². The molecule has 1 amide bonds. The molecule has 2 saturated carbocycles. The van der Waals surface area contributed by atoms with Crippen LogP contribution >= 0.6 is 0 Å². The molecule has 0 heterocycles. The lowest BCUT2D eigenvalue weighted by atomic mass is 9.53. The first-order valence-corrected chi connectivity index (χ1v) is 14.2. The van der Waals surface area contributed by atoms with Gasteiger partial charge in [0.05, 0.1) is 14.2 Å². The fraction of sp³-hybridized carbons (Fsp3) is 0.594. The molecule has 2 aromatic carbocycles. The molecular formula is C32H41F2NO4. The quantitative estimate of drug-likeness (QED) is 0.409. The fourth-order valence-corrected chi connectivity index (χ4v) is 8.04. The molecule has 0 aromatic heterocycles. The monoisotopic (exact) mass is 541 g/mol. The van der Waals surface area contributed by atoms with Crippen LogP contribution < -0.4 is 9.47 Å². The zero-order valence-corrected chi connectivity index (χ0v) is 23.5. The number of amides is 1. The Morgan fingerprint density at radius 2 is 1.87 bits per heavy atom. The highest BCUT2D eigenvalue weighted by Crippen LogP contribution is 2.68. The minimum absolute atomic E-state index is 0.00391. The average molecular weight is 542 g/mol. The van der Waals surface area contributed by atoms with Gasteiger partial charge in [0.25, 0.3) is 5.92 Å². The number of rotatable bonds is 8. The lowest BCUT2D eigenvalue weighted by Crippen LogP contribution is -2.47. The van der Waals surface area contributed by atoms with E-state index in [2.05, 4.69) is 0 Å². The van der Waals surface area contributed by atoms with Gasteiger partial charge in [-0.3, -0.25) is 4.79 Å². The molecule has 0 aliphatic heterocycles. The molecule has 3 unspecified atom stereocenters. The minimum atomic E-state index is -2.72.